The van der Waals surface area contributed by atoms with E-state index in [0.717, 1.165) is 32.2 Å². The number of nitrogens with zero attached hydrogens (tertiary/aromatic N) is 1. The van der Waals surface area contributed by atoms with E-state index in [1.54, 1.807) is 0 Å². The van der Waals surface area contributed by atoms with Crippen LogP contribution in [-0.2, 0) is 4.74 Å². The highest BCUT2D eigenvalue weighted by Gasteiger charge is 2.29. The molecule has 0 spiro atoms. The number of rotatable bonds is 9. The summed E-state index contributed by atoms with van der Waals surface area (Å²) in [4.78, 5) is 2.44. The first kappa shape index (κ1) is 15.5. The van der Waals surface area contributed by atoms with Crippen molar-refractivity contribution in [3.05, 3.63) is 35.4 Å². The van der Waals surface area contributed by atoms with E-state index < -0.39 is 0 Å². The third-order valence-corrected chi connectivity index (χ3v) is 4.17. The van der Waals surface area contributed by atoms with Gasteiger partial charge in [0.25, 0.3) is 0 Å². The molecule has 1 aromatic carbocycles. The van der Waals surface area contributed by atoms with Crippen LogP contribution in [0.15, 0.2) is 24.3 Å². The zero-order valence-corrected chi connectivity index (χ0v) is 12.8. The van der Waals surface area contributed by atoms with E-state index in [1.807, 2.05) is 6.92 Å². The van der Waals surface area contributed by atoms with Crippen LogP contribution in [0.5, 0.6) is 0 Å². The number of hydrogen-bond acceptors (Lipinski definition) is 3. The topological polar surface area (TPSA) is 38.5 Å². The van der Waals surface area contributed by atoms with Crippen LogP contribution in [0.25, 0.3) is 0 Å². The van der Waals surface area contributed by atoms with Gasteiger partial charge in [0, 0.05) is 25.7 Å². The van der Waals surface area contributed by atoms with Gasteiger partial charge in [0.2, 0.25) is 0 Å². The van der Waals surface area contributed by atoms with Crippen molar-refractivity contribution >= 4 is 0 Å². The predicted octanol–water partition coefficient (Wildman–Crippen LogP) is 2.92. The van der Waals surface area contributed by atoms with Crippen LogP contribution < -0.4 is 5.73 Å². The molecule has 0 bridgehead atoms. The first-order chi connectivity index (χ1) is 9.81. The van der Waals surface area contributed by atoms with Crippen molar-refractivity contribution in [1.29, 1.82) is 0 Å². The summed E-state index contributed by atoms with van der Waals surface area (Å²) in [5, 5.41) is 0. The van der Waals surface area contributed by atoms with E-state index in [2.05, 4.69) is 36.1 Å². The van der Waals surface area contributed by atoms with E-state index in [1.165, 1.54) is 24.0 Å². The fourth-order valence-corrected chi connectivity index (χ4v) is 2.91. The molecule has 0 saturated heterocycles. The van der Waals surface area contributed by atoms with Gasteiger partial charge < -0.3 is 10.5 Å². The SMILES string of the molecule is CCOCCN(CC)C(CN)c1ccccc1C1CC1. The van der Waals surface area contributed by atoms with Crippen molar-refractivity contribution in [2.75, 3.05) is 32.8 Å². The highest BCUT2D eigenvalue weighted by molar-refractivity contribution is 5.35. The van der Waals surface area contributed by atoms with Gasteiger partial charge in [0.05, 0.1) is 6.61 Å². The Morgan fingerprint density at radius 1 is 1.30 bits per heavy atom. The van der Waals surface area contributed by atoms with E-state index in [-0.39, 0.29) is 0 Å². The lowest BCUT2D eigenvalue weighted by molar-refractivity contribution is 0.0978. The molecule has 2 rings (SSSR count). The minimum absolute atomic E-state index is 0.317. The van der Waals surface area contributed by atoms with Crippen LogP contribution in [0.1, 0.15) is 49.8 Å². The summed E-state index contributed by atoms with van der Waals surface area (Å²) < 4.78 is 5.50. The van der Waals surface area contributed by atoms with E-state index >= 15 is 0 Å². The molecule has 1 aliphatic carbocycles. The third-order valence-electron chi connectivity index (χ3n) is 4.17. The highest BCUT2D eigenvalue weighted by Crippen LogP contribution is 2.43. The minimum Gasteiger partial charge on any atom is -0.380 e. The summed E-state index contributed by atoms with van der Waals surface area (Å²) in [6, 6.07) is 9.15. The predicted molar refractivity (Wildman–Crippen MR) is 84.0 cm³/mol. The lowest BCUT2D eigenvalue weighted by Gasteiger charge is -2.31. The molecule has 1 aromatic rings. The lowest BCUT2D eigenvalue weighted by atomic mass is 9.96. The fraction of sp³-hybridized carbons (Fsp3) is 0.647. The summed E-state index contributed by atoms with van der Waals surface area (Å²) in [6.07, 6.45) is 2.67. The Morgan fingerprint density at radius 3 is 2.65 bits per heavy atom. The number of likely N-dealkylation sites (N-methyl/N-ethyl adjacent to an activating group) is 1. The molecule has 1 saturated carbocycles. The first-order valence-corrected chi connectivity index (χ1v) is 7.92. The molecule has 0 heterocycles. The Labute approximate surface area is 123 Å². The number of ether oxygens (including phenoxy) is 1. The van der Waals surface area contributed by atoms with Crippen LogP contribution in [0, 0.1) is 0 Å². The lowest BCUT2D eigenvalue weighted by Crippen LogP contribution is -2.36. The molecule has 2 N–H and O–H groups in total. The van der Waals surface area contributed by atoms with Crippen LogP contribution in [-0.4, -0.2) is 37.7 Å². The van der Waals surface area contributed by atoms with Gasteiger partial charge in [-0.3, -0.25) is 4.90 Å². The molecule has 20 heavy (non-hydrogen) atoms. The second-order valence-corrected chi connectivity index (χ2v) is 5.48. The molecular weight excluding hydrogens is 248 g/mol. The summed E-state index contributed by atoms with van der Waals surface area (Å²) in [7, 11) is 0. The van der Waals surface area contributed by atoms with Gasteiger partial charge in [-0.1, -0.05) is 31.2 Å². The summed E-state index contributed by atoms with van der Waals surface area (Å²) in [5.74, 6) is 0.769. The van der Waals surface area contributed by atoms with Crippen molar-refractivity contribution in [2.45, 2.75) is 38.6 Å². The summed E-state index contributed by atoms with van der Waals surface area (Å²) >= 11 is 0. The Bertz CT molecular complexity index is 404. The maximum absolute atomic E-state index is 6.09. The molecule has 0 amide bonds. The maximum atomic E-state index is 6.09. The van der Waals surface area contributed by atoms with Gasteiger partial charge in [0.1, 0.15) is 0 Å². The molecule has 1 unspecified atom stereocenters. The molecular formula is C17H28N2O. The molecule has 0 aliphatic heterocycles. The Balaban J connectivity index is 2.13. The molecule has 1 fully saturated rings. The minimum atomic E-state index is 0.317. The summed E-state index contributed by atoms with van der Waals surface area (Å²) in [6.45, 7) is 8.44. The van der Waals surface area contributed by atoms with E-state index in [9.17, 15) is 0 Å². The molecule has 3 nitrogen and oxygen atoms in total. The van der Waals surface area contributed by atoms with E-state index in [4.69, 9.17) is 10.5 Å². The zero-order valence-electron chi connectivity index (χ0n) is 12.8. The Kier molecular flexibility index (Phi) is 6.02. The van der Waals surface area contributed by atoms with Gasteiger partial charge in [-0.05, 0) is 43.4 Å². The van der Waals surface area contributed by atoms with Crippen molar-refractivity contribution in [2.24, 2.45) is 5.73 Å². The standard InChI is InChI=1S/C17H28N2O/c1-3-19(11-12-20-4-2)17(13-18)16-8-6-5-7-15(16)14-9-10-14/h5-8,14,17H,3-4,9-13,18H2,1-2H3. The molecule has 112 valence electrons. The van der Waals surface area contributed by atoms with Crippen molar-refractivity contribution in [1.82, 2.24) is 4.90 Å². The normalized spacial score (nSPS) is 16.6. The molecule has 1 aliphatic rings. The zero-order chi connectivity index (χ0) is 14.4. The van der Waals surface area contributed by atoms with Crippen LogP contribution in [0.3, 0.4) is 0 Å². The monoisotopic (exact) mass is 276 g/mol. The van der Waals surface area contributed by atoms with Crippen molar-refractivity contribution < 1.29 is 4.74 Å². The number of hydrogen-bond donors (Lipinski definition) is 1. The average Bonchev–Trinajstić information content (AvgIpc) is 3.31. The van der Waals surface area contributed by atoms with Crippen molar-refractivity contribution in [3.63, 3.8) is 0 Å². The Hall–Kier alpha value is -0.900. The number of benzene rings is 1. The van der Waals surface area contributed by atoms with Gasteiger partial charge in [-0.25, -0.2) is 0 Å². The number of nitrogens with two attached hydrogens (primary N) is 1. The van der Waals surface area contributed by atoms with Gasteiger partial charge in [-0.15, -0.1) is 0 Å². The van der Waals surface area contributed by atoms with Crippen LogP contribution in [0.4, 0.5) is 0 Å². The van der Waals surface area contributed by atoms with Crippen LogP contribution >= 0.6 is 0 Å². The quantitative estimate of drug-likeness (QED) is 0.705. The molecule has 0 aromatic heterocycles. The Morgan fingerprint density at radius 2 is 2.05 bits per heavy atom. The molecule has 0 radical (unpaired) electrons. The second kappa shape index (κ2) is 7.77. The van der Waals surface area contributed by atoms with Crippen molar-refractivity contribution in [3.8, 4) is 0 Å². The van der Waals surface area contributed by atoms with E-state index in [0.29, 0.717) is 12.6 Å². The maximum Gasteiger partial charge on any atom is 0.0593 e. The van der Waals surface area contributed by atoms with Gasteiger partial charge >= 0.3 is 0 Å². The second-order valence-electron chi connectivity index (χ2n) is 5.48. The third kappa shape index (κ3) is 3.81. The van der Waals surface area contributed by atoms with Gasteiger partial charge in [-0.2, -0.15) is 0 Å². The highest BCUT2D eigenvalue weighted by atomic mass is 16.5. The van der Waals surface area contributed by atoms with Gasteiger partial charge in [0.15, 0.2) is 0 Å². The largest absolute Gasteiger partial charge is 0.380 e. The summed E-state index contributed by atoms with van der Waals surface area (Å²) in [5.41, 5.74) is 9.03. The molecule has 3 heteroatoms. The first-order valence-electron chi connectivity index (χ1n) is 7.92. The van der Waals surface area contributed by atoms with Crippen LogP contribution in [0.2, 0.25) is 0 Å². The average molecular weight is 276 g/mol. The molecule has 1 atom stereocenters. The fourth-order valence-electron chi connectivity index (χ4n) is 2.91. The smallest absolute Gasteiger partial charge is 0.0593 e.